The Bertz CT molecular complexity index is 672. The summed E-state index contributed by atoms with van der Waals surface area (Å²) in [6.07, 6.45) is 9.38. The zero-order chi connectivity index (χ0) is 20.8. The lowest BCUT2D eigenvalue weighted by molar-refractivity contribution is -0.143. The van der Waals surface area contributed by atoms with Crippen molar-refractivity contribution in [2.24, 2.45) is 17.8 Å². The Hall–Kier alpha value is -1.88. The zero-order valence-corrected chi connectivity index (χ0v) is 17.7. The molecule has 5 atom stereocenters. The molecule has 1 aliphatic carbocycles. The van der Waals surface area contributed by atoms with Crippen molar-refractivity contribution in [1.29, 1.82) is 0 Å². The summed E-state index contributed by atoms with van der Waals surface area (Å²) in [4.78, 5) is 23.7. The van der Waals surface area contributed by atoms with E-state index in [9.17, 15) is 14.7 Å². The molecule has 0 aromatic heterocycles. The van der Waals surface area contributed by atoms with Gasteiger partial charge in [-0.1, -0.05) is 37.1 Å². The van der Waals surface area contributed by atoms with Gasteiger partial charge in [-0.15, -0.1) is 0 Å². The maximum atomic E-state index is 12.2. The molecule has 1 N–H and O–H groups in total. The number of cyclic esters (lactones) is 1. The lowest BCUT2D eigenvalue weighted by Crippen LogP contribution is -2.36. The van der Waals surface area contributed by atoms with Crippen molar-refractivity contribution in [3.05, 3.63) is 35.1 Å². The monoisotopic (exact) mass is 390 g/mol. The minimum absolute atomic E-state index is 0.0159. The van der Waals surface area contributed by atoms with Crippen LogP contribution in [0.3, 0.4) is 0 Å². The lowest BCUT2D eigenvalue weighted by atomic mass is 9.78. The summed E-state index contributed by atoms with van der Waals surface area (Å²) >= 11 is 0. The van der Waals surface area contributed by atoms with E-state index < -0.39 is 6.10 Å². The maximum Gasteiger partial charge on any atom is 0.309 e. The van der Waals surface area contributed by atoms with Crippen LogP contribution in [0.25, 0.3) is 0 Å². The van der Waals surface area contributed by atoms with E-state index in [1.165, 1.54) is 24.3 Å². The first-order valence-corrected chi connectivity index (χ1v) is 10.2. The summed E-state index contributed by atoms with van der Waals surface area (Å²) in [5.74, 6) is -0.205. The molecule has 156 valence electrons. The van der Waals surface area contributed by atoms with Crippen molar-refractivity contribution in [1.82, 2.24) is 0 Å². The first-order valence-electron chi connectivity index (χ1n) is 10.2. The molecule has 28 heavy (non-hydrogen) atoms. The molecule has 2 rings (SSSR count). The number of allylic oxidation sites excluding steroid dienone is 4. The number of Topliss-reactive ketones (excluding diaryl/α,β-unsaturated/α-hetero) is 1. The van der Waals surface area contributed by atoms with Gasteiger partial charge in [-0.2, -0.15) is 0 Å². The molecule has 1 fully saturated rings. The zero-order valence-electron chi connectivity index (χ0n) is 17.7. The van der Waals surface area contributed by atoms with Gasteiger partial charge in [0.25, 0.3) is 0 Å². The van der Waals surface area contributed by atoms with E-state index >= 15 is 0 Å². The largest absolute Gasteiger partial charge is 0.493 e. The smallest absolute Gasteiger partial charge is 0.309 e. The van der Waals surface area contributed by atoms with Crippen LogP contribution in [0.4, 0.5) is 0 Å². The van der Waals surface area contributed by atoms with Gasteiger partial charge in [0.05, 0.1) is 19.1 Å². The van der Waals surface area contributed by atoms with Crippen LogP contribution < -0.4 is 0 Å². The van der Waals surface area contributed by atoms with Crippen LogP contribution in [-0.4, -0.2) is 36.2 Å². The Balaban J connectivity index is 1.80. The molecule has 1 aliphatic heterocycles. The summed E-state index contributed by atoms with van der Waals surface area (Å²) < 4.78 is 10.4. The topological polar surface area (TPSA) is 72.8 Å². The number of hydrogen-bond donors (Lipinski definition) is 1. The Kier molecular flexibility index (Phi) is 8.05. The van der Waals surface area contributed by atoms with Crippen molar-refractivity contribution >= 4 is 11.8 Å². The molecule has 2 aliphatic rings. The van der Waals surface area contributed by atoms with Crippen molar-refractivity contribution in [3.8, 4) is 0 Å². The summed E-state index contributed by atoms with van der Waals surface area (Å²) in [6.45, 7) is 7.94. The highest BCUT2D eigenvalue weighted by Gasteiger charge is 2.35. The van der Waals surface area contributed by atoms with Crippen molar-refractivity contribution in [3.63, 3.8) is 0 Å². The van der Waals surface area contributed by atoms with E-state index in [0.717, 1.165) is 25.7 Å². The van der Waals surface area contributed by atoms with Gasteiger partial charge in [0.1, 0.15) is 6.10 Å². The number of carbonyl (C=O) groups excluding carboxylic acids is 2. The molecule has 5 nitrogen and oxygen atoms in total. The Morgan fingerprint density at radius 1 is 1.25 bits per heavy atom. The number of rotatable bonds is 8. The second-order valence-corrected chi connectivity index (χ2v) is 8.32. The number of methoxy groups -OCH3 is 1. The third kappa shape index (κ3) is 5.81. The molecule has 5 heteroatoms. The predicted molar refractivity (Wildman–Crippen MR) is 108 cm³/mol. The number of aliphatic hydroxyl groups excluding tert-OH is 1. The molecule has 1 saturated heterocycles. The highest BCUT2D eigenvalue weighted by atomic mass is 16.5. The third-order valence-electron chi connectivity index (χ3n) is 5.90. The SMILES string of the molecule is COC1=CC(O)C(CC=C(C)CCC=C(C)CC2CC(C)C(=O)O2)C(C)C1=O. The Morgan fingerprint density at radius 2 is 1.96 bits per heavy atom. The fourth-order valence-electron chi connectivity index (χ4n) is 3.96. The van der Waals surface area contributed by atoms with Crippen LogP contribution in [0.15, 0.2) is 35.1 Å². The lowest BCUT2D eigenvalue weighted by Gasteiger charge is -2.30. The summed E-state index contributed by atoms with van der Waals surface area (Å²) in [6, 6.07) is 0. The van der Waals surface area contributed by atoms with Gasteiger partial charge in [0, 0.05) is 18.3 Å². The van der Waals surface area contributed by atoms with Gasteiger partial charge in [0.15, 0.2) is 11.5 Å². The van der Waals surface area contributed by atoms with Gasteiger partial charge < -0.3 is 14.6 Å². The standard InChI is InChI=1S/C23H34O5/c1-14(7-6-8-15(2)11-18-12-16(3)23(26)28-18)9-10-19-17(4)22(25)21(27-5)13-20(19)24/h8-9,13,16-20,24H,6-7,10-12H2,1-5H3. The van der Waals surface area contributed by atoms with Gasteiger partial charge in [-0.05, 0) is 45.6 Å². The third-order valence-corrected chi connectivity index (χ3v) is 5.90. The molecule has 1 heterocycles. The van der Waals surface area contributed by atoms with E-state index in [2.05, 4.69) is 26.0 Å². The van der Waals surface area contributed by atoms with Gasteiger partial charge >= 0.3 is 5.97 Å². The van der Waals surface area contributed by atoms with Gasteiger partial charge in [0.2, 0.25) is 0 Å². The molecule has 0 aromatic carbocycles. The molecule has 5 unspecified atom stereocenters. The fourth-order valence-corrected chi connectivity index (χ4v) is 3.96. The second-order valence-electron chi connectivity index (χ2n) is 8.32. The molecular formula is C23H34O5. The van der Waals surface area contributed by atoms with Gasteiger partial charge in [-0.25, -0.2) is 0 Å². The first-order chi connectivity index (χ1) is 13.2. The summed E-state index contributed by atoms with van der Waals surface area (Å²) in [7, 11) is 1.46. The predicted octanol–water partition coefficient (Wildman–Crippen LogP) is 4.12. The van der Waals surface area contributed by atoms with E-state index in [1.54, 1.807) is 0 Å². The maximum absolute atomic E-state index is 12.2. The van der Waals surface area contributed by atoms with Crippen molar-refractivity contribution < 1.29 is 24.2 Å². The van der Waals surface area contributed by atoms with E-state index in [-0.39, 0.29) is 41.4 Å². The van der Waals surface area contributed by atoms with Crippen molar-refractivity contribution in [2.75, 3.05) is 7.11 Å². The summed E-state index contributed by atoms with van der Waals surface area (Å²) in [5, 5.41) is 10.3. The fraction of sp³-hybridized carbons (Fsp3) is 0.652. The second kappa shape index (κ2) is 10.1. The van der Waals surface area contributed by atoms with Gasteiger partial charge in [-0.3, -0.25) is 9.59 Å². The van der Waals surface area contributed by atoms with Crippen molar-refractivity contribution in [2.45, 2.75) is 72.0 Å². The Morgan fingerprint density at radius 3 is 2.57 bits per heavy atom. The quantitative estimate of drug-likeness (QED) is 0.499. The number of hydrogen-bond acceptors (Lipinski definition) is 5. The first kappa shape index (κ1) is 22.4. The average Bonchev–Trinajstić information content (AvgIpc) is 2.95. The van der Waals surface area contributed by atoms with Crippen LogP contribution in [0.2, 0.25) is 0 Å². The molecule has 0 bridgehead atoms. The van der Waals surface area contributed by atoms with Crippen LogP contribution in [0.5, 0.6) is 0 Å². The number of aliphatic hydroxyl groups is 1. The highest BCUT2D eigenvalue weighted by Crippen LogP contribution is 2.31. The molecule has 0 saturated carbocycles. The number of ether oxygens (including phenoxy) is 2. The van der Waals surface area contributed by atoms with Crippen LogP contribution in [-0.2, 0) is 19.1 Å². The minimum atomic E-state index is -0.662. The summed E-state index contributed by atoms with van der Waals surface area (Å²) in [5.41, 5.74) is 2.50. The number of esters is 1. The van der Waals surface area contributed by atoms with E-state index in [4.69, 9.17) is 9.47 Å². The molecular weight excluding hydrogens is 356 g/mol. The number of ketones is 1. The van der Waals surface area contributed by atoms with Crippen LogP contribution in [0.1, 0.15) is 59.8 Å². The molecule has 0 spiro atoms. The number of carbonyl (C=O) groups is 2. The van der Waals surface area contributed by atoms with E-state index in [1.807, 2.05) is 13.8 Å². The average molecular weight is 391 g/mol. The molecule has 0 aromatic rings. The van der Waals surface area contributed by atoms with Crippen LogP contribution in [0, 0.1) is 17.8 Å². The Labute approximate surface area is 168 Å². The molecule has 0 amide bonds. The molecule has 0 radical (unpaired) electrons. The highest BCUT2D eigenvalue weighted by molar-refractivity contribution is 5.96. The normalized spacial score (nSPS) is 31.6. The van der Waals surface area contributed by atoms with Crippen LogP contribution >= 0.6 is 0 Å². The minimum Gasteiger partial charge on any atom is -0.493 e. The van der Waals surface area contributed by atoms with E-state index in [0.29, 0.717) is 6.42 Å².